The van der Waals surface area contributed by atoms with Crippen LogP contribution in [0.3, 0.4) is 0 Å². The molecule has 0 saturated carbocycles. The van der Waals surface area contributed by atoms with Crippen LogP contribution in [0.5, 0.6) is 11.5 Å². The molecule has 2 heterocycles. The molecular weight excluding hydrogens is 448 g/mol. The van der Waals surface area contributed by atoms with E-state index in [9.17, 15) is 4.79 Å². The van der Waals surface area contributed by atoms with E-state index in [-0.39, 0.29) is 11.4 Å². The molecule has 1 N–H and O–H groups in total. The molecule has 0 aromatic heterocycles. The van der Waals surface area contributed by atoms with Crippen LogP contribution in [-0.2, 0) is 4.79 Å². The highest BCUT2D eigenvalue weighted by atomic mass is 32.2. The van der Waals surface area contributed by atoms with Crippen LogP contribution in [0.4, 0.5) is 0 Å². The van der Waals surface area contributed by atoms with Crippen LogP contribution in [-0.4, -0.2) is 40.2 Å². The van der Waals surface area contributed by atoms with Gasteiger partial charge in [0.05, 0.1) is 5.57 Å². The van der Waals surface area contributed by atoms with E-state index in [0.717, 1.165) is 41.2 Å². The maximum absolute atomic E-state index is 12.5. The maximum atomic E-state index is 12.5. The van der Waals surface area contributed by atoms with E-state index in [0.29, 0.717) is 24.1 Å². The molecule has 2 aromatic rings. The van der Waals surface area contributed by atoms with Crippen molar-refractivity contribution in [2.45, 2.75) is 40.0 Å². The van der Waals surface area contributed by atoms with Crippen LogP contribution in [0.15, 0.2) is 58.1 Å². The minimum atomic E-state index is -0.417. The summed E-state index contributed by atoms with van der Waals surface area (Å²) in [7, 11) is 0. The molecule has 0 radical (unpaired) electrons. The molecule has 0 fully saturated rings. The van der Waals surface area contributed by atoms with Crippen molar-refractivity contribution in [1.82, 2.24) is 5.01 Å². The zero-order valence-corrected chi connectivity index (χ0v) is 20.4. The van der Waals surface area contributed by atoms with Crippen molar-refractivity contribution < 1.29 is 14.3 Å². The summed E-state index contributed by atoms with van der Waals surface area (Å²) in [6.07, 6.45) is 4.58. The van der Waals surface area contributed by atoms with Crippen molar-refractivity contribution in [2.75, 3.05) is 13.2 Å². The normalized spacial score (nSPS) is 16.4. The fourth-order valence-electron chi connectivity index (χ4n) is 3.56. The lowest BCUT2D eigenvalue weighted by atomic mass is 10.1. The number of aryl methyl sites for hydroxylation is 2. The van der Waals surface area contributed by atoms with Gasteiger partial charge in [-0.05, 0) is 73.9 Å². The number of nitrogens with one attached hydrogen (secondary N) is 1. The Bertz CT molecular complexity index is 1190. The number of rotatable bonds is 9. The second-order valence-electron chi connectivity index (χ2n) is 8.15. The topological polar surface area (TPSA) is 87.3 Å². The van der Waals surface area contributed by atoms with Crippen LogP contribution in [0.1, 0.15) is 42.9 Å². The van der Waals surface area contributed by atoms with Gasteiger partial charge in [0.2, 0.25) is 5.17 Å². The number of hydrazone groups is 1. The molecule has 2 aromatic carbocycles. The van der Waals surface area contributed by atoms with Gasteiger partial charge >= 0.3 is 0 Å². The van der Waals surface area contributed by atoms with Gasteiger partial charge in [0.1, 0.15) is 29.8 Å². The smallest absolute Gasteiger partial charge is 0.283 e. The van der Waals surface area contributed by atoms with Crippen LogP contribution >= 0.6 is 11.8 Å². The molecule has 2 aliphatic rings. The molecule has 0 saturated heterocycles. The number of fused-ring (bicyclic) bond motifs is 1. The summed E-state index contributed by atoms with van der Waals surface area (Å²) in [5.41, 5.74) is 3.32. The molecule has 4 rings (SSSR count). The molecule has 1 amide bonds. The fraction of sp³-hybridized carbons (Fsp3) is 0.308. The van der Waals surface area contributed by atoms with Gasteiger partial charge in [-0.3, -0.25) is 10.2 Å². The SMILES string of the molecule is CCCCC1=NN2C(=N)/C(=C/c3ccc(OCCOc4ccc(C)cc4C)cc3)C(=O)N=C2S1. The Kier molecular flexibility index (Phi) is 7.47. The van der Waals surface area contributed by atoms with Crippen molar-refractivity contribution in [1.29, 1.82) is 5.41 Å². The predicted octanol–water partition coefficient (Wildman–Crippen LogP) is 5.57. The average Bonchev–Trinajstić information content (AvgIpc) is 3.23. The number of amides is 1. The highest BCUT2D eigenvalue weighted by Crippen LogP contribution is 2.30. The maximum Gasteiger partial charge on any atom is 0.283 e. The second kappa shape index (κ2) is 10.7. The molecular formula is C26H28N4O3S. The number of nitrogens with zero attached hydrogens (tertiary/aromatic N) is 3. The third kappa shape index (κ3) is 5.56. The molecule has 0 unspecified atom stereocenters. The molecule has 0 aliphatic carbocycles. The molecule has 0 spiro atoms. The number of amidine groups is 2. The first kappa shape index (κ1) is 23.8. The summed E-state index contributed by atoms with van der Waals surface area (Å²) in [5, 5.41) is 15.8. The highest BCUT2D eigenvalue weighted by Gasteiger charge is 2.35. The number of carbonyl (C=O) groups is 1. The number of benzene rings is 2. The number of carbonyl (C=O) groups excluding carboxylic acids is 1. The largest absolute Gasteiger partial charge is 0.490 e. The summed E-state index contributed by atoms with van der Waals surface area (Å²) in [5.74, 6) is 1.20. The Labute approximate surface area is 204 Å². The van der Waals surface area contributed by atoms with Gasteiger partial charge in [-0.25, -0.2) is 0 Å². The first-order valence-corrected chi connectivity index (χ1v) is 12.2. The van der Waals surface area contributed by atoms with Gasteiger partial charge < -0.3 is 9.47 Å². The molecule has 176 valence electrons. The fourth-order valence-corrected chi connectivity index (χ4v) is 4.49. The van der Waals surface area contributed by atoms with Crippen molar-refractivity contribution in [2.24, 2.45) is 10.1 Å². The van der Waals surface area contributed by atoms with E-state index >= 15 is 0 Å². The van der Waals surface area contributed by atoms with E-state index in [1.165, 1.54) is 22.3 Å². The first-order chi connectivity index (χ1) is 16.4. The quantitative estimate of drug-likeness (QED) is 0.378. The van der Waals surface area contributed by atoms with E-state index in [1.54, 1.807) is 6.08 Å². The predicted molar refractivity (Wildman–Crippen MR) is 138 cm³/mol. The van der Waals surface area contributed by atoms with Crippen LogP contribution in [0, 0.1) is 19.3 Å². The van der Waals surface area contributed by atoms with Gasteiger partial charge in [0.25, 0.3) is 5.91 Å². The molecule has 8 heteroatoms. The molecule has 34 heavy (non-hydrogen) atoms. The summed E-state index contributed by atoms with van der Waals surface area (Å²) >= 11 is 1.37. The second-order valence-corrected chi connectivity index (χ2v) is 9.19. The summed E-state index contributed by atoms with van der Waals surface area (Å²) in [4.78, 5) is 16.7. The minimum Gasteiger partial charge on any atom is -0.490 e. The average molecular weight is 477 g/mol. The zero-order chi connectivity index (χ0) is 24.1. The lowest BCUT2D eigenvalue weighted by molar-refractivity contribution is -0.114. The van der Waals surface area contributed by atoms with E-state index < -0.39 is 5.91 Å². The van der Waals surface area contributed by atoms with E-state index in [4.69, 9.17) is 14.9 Å². The Morgan fingerprint density at radius 3 is 2.59 bits per heavy atom. The van der Waals surface area contributed by atoms with Crippen LogP contribution in [0.2, 0.25) is 0 Å². The molecule has 2 aliphatic heterocycles. The number of hydrogen-bond acceptors (Lipinski definition) is 6. The zero-order valence-electron chi connectivity index (χ0n) is 19.6. The lowest BCUT2D eigenvalue weighted by Crippen LogP contribution is -2.35. The lowest BCUT2D eigenvalue weighted by Gasteiger charge is -2.20. The monoisotopic (exact) mass is 476 g/mol. The molecule has 0 bridgehead atoms. The Balaban J connectivity index is 1.34. The summed E-state index contributed by atoms with van der Waals surface area (Å²) in [6.45, 7) is 7.06. The van der Waals surface area contributed by atoms with Crippen molar-refractivity contribution in [3.63, 3.8) is 0 Å². The minimum absolute atomic E-state index is 0.0536. The Hall–Kier alpha value is -3.39. The third-order valence-corrected chi connectivity index (χ3v) is 6.34. The van der Waals surface area contributed by atoms with E-state index in [2.05, 4.69) is 30.0 Å². The van der Waals surface area contributed by atoms with Gasteiger partial charge in [0, 0.05) is 0 Å². The summed E-state index contributed by atoms with van der Waals surface area (Å²) < 4.78 is 11.6. The summed E-state index contributed by atoms with van der Waals surface area (Å²) in [6, 6.07) is 13.5. The molecule has 7 nitrogen and oxygen atoms in total. The first-order valence-electron chi connectivity index (χ1n) is 11.4. The van der Waals surface area contributed by atoms with Crippen LogP contribution in [0.25, 0.3) is 6.08 Å². The van der Waals surface area contributed by atoms with Crippen molar-refractivity contribution >= 4 is 39.8 Å². The Morgan fingerprint density at radius 2 is 1.85 bits per heavy atom. The standard InChI is InChI=1S/C26H28N4O3S/c1-4-5-6-23-29-30-24(27)21(25(31)28-26(30)34-23)16-19-8-10-20(11-9-19)32-13-14-33-22-12-7-17(2)15-18(22)3/h7-12,15-16,27H,4-6,13-14H2,1-3H3/b21-16-,27-24?. The van der Waals surface area contributed by atoms with Crippen molar-refractivity contribution in [3.8, 4) is 11.5 Å². The van der Waals surface area contributed by atoms with E-state index in [1.807, 2.05) is 43.3 Å². The van der Waals surface area contributed by atoms with Gasteiger partial charge in [0.15, 0.2) is 5.84 Å². The molecule has 0 atom stereocenters. The Morgan fingerprint density at radius 1 is 1.09 bits per heavy atom. The number of ether oxygens (including phenoxy) is 2. The van der Waals surface area contributed by atoms with Gasteiger partial charge in [-0.2, -0.15) is 15.1 Å². The number of unbranched alkanes of at least 4 members (excludes halogenated alkanes) is 1. The number of thioether (sulfide) groups is 1. The third-order valence-electron chi connectivity index (χ3n) is 5.37. The number of aliphatic imine (C=N–C) groups is 1. The van der Waals surface area contributed by atoms with Crippen molar-refractivity contribution in [3.05, 3.63) is 64.7 Å². The van der Waals surface area contributed by atoms with Gasteiger partial charge in [-0.1, -0.05) is 43.2 Å². The van der Waals surface area contributed by atoms with Crippen LogP contribution < -0.4 is 9.47 Å². The number of hydrogen-bond donors (Lipinski definition) is 1. The highest BCUT2D eigenvalue weighted by molar-refractivity contribution is 8.26. The van der Waals surface area contributed by atoms with Gasteiger partial charge in [-0.15, -0.1) is 0 Å².